The average molecular weight is 440 g/mol. The second-order valence-corrected chi connectivity index (χ2v) is 8.75. The number of carbonyl (C=O) groups excluding carboxylic acids is 1. The molecule has 0 spiro atoms. The molecule has 5 nitrogen and oxygen atoms in total. The van der Waals surface area contributed by atoms with Gasteiger partial charge in [0.25, 0.3) is 0 Å². The van der Waals surface area contributed by atoms with Crippen LogP contribution in [0.3, 0.4) is 0 Å². The van der Waals surface area contributed by atoms with Gasteiger partial charge in [-0.25, -0.2) is 4.79 Å². The SMILES string of the molecule is Cc1c(OC2CCN(C)CC2)ccc2cc(CC(=O)Cc3cccc(Cl)c3)c(=O)oc12. The van der Waals surface area contributed by atoms with E-state index in [1.165, 1.54) is 0 Å². The monoisotopic (exact) mass is 439 g/mol. The number of piperidine rings is 1. The number of fused-ring (bicyclic) bond motifs is 1. The molecular weight excluding hydrogens is 414 g/mol. The first-order chi connectivity index (χ1) is 14.9. The van der Waals surface area contributed by atoms with Crippen molar-refractivity contribution in [3.8, 4) is 5.75 Å². The summed E-state index contributed by atoms with van der Waals surface area (Å²) in [5.41, 5.74) is 2.04. The van der Waals surface area contributed by atoms with Crippen molar-refractivity contribution in [2.75, 3.05) is 20.1 Å². The fraction of sp³-hybridized carbons (Fsp3) is 0.360. The average Bonchev–Trinajstić information content (AvgIpc) is 2.73. The second kappa shape index (κ2) is 9.25. The largest absolute Gasteiger partial charge is 0.490 e. The molecule has 0 amide bonds. The van der Waals surface area contributed by atoms with Crippen LogP contribution in [0.15, 0.2) is 51.7 Å². The van der Waals surface area contributed by atoms with Gasteiger partial charge in [0.2, 0.25) is 0 Å². The molecule has 4 rings (SSSR count). The highest BCUT2D eigenvalue weighted by atomic mass is 35.5. The van der Waals surface area contributed by atoms with E-state index in [2.05, 4.69) is 11.9 Å². The lowest BCUT2D eigenvalue weighted by Crippen LogP contribution is -2.35. The number of likely N-dealkylation sites (tertiary alicyclic amines) is 1. The zero-order chi connectivity index (χ0) is 22.0. The van der Waals surface area contributed by atoms with Crippen molar-refractivity contribution in [2.45, 2.75) is 38.7 Å². The number of ether oxygens (including phenoxy) is 1. The van der Waals surface area contributed by atoms with Gasteiger partial charge in [0.05, 0.1) is 0 Å². The zero-order valence-electron chi connectivity index (χ0n) is 17.8. The van der Waals surface area contributed by atoms with E-state index in [-0.39, 0.29) is 24.7 Å². The van der Waals surface area contributed by atoms with Crippen molar-refractivity contribution >= 4 is 28.4 Å². The number of benzene rings is 2. The summed E-state index contributed by atoms with van der Waals surface area (Å²) < 4.78 is 11.8. The highest BCUT2D eigenvalue weighted by molar-refractivity contribution is 6.30. The molecule has 0 N–H and O–H groups in total. The van der Waals surface area contributed by atoms with Crippen LogP contribution in [0.4, 0.5) is 0 Å². The van der Waals surface area contributed by atoms with Gasteiger partial charge >= 0.3 is 5.63 Å². The van der Waals surface area contributed by atoms with Gasteiger partial charge in [0, 0.05) is 47.5 Å². The topological polar surface area (TPSA) is 59.8 Å². The molecule has 3 aromatic rings. The summed E-state index contributed by atoms with van der Waals surface area (Å²) in [5, 5.41) is 1.38. The molecule has 1 aromatic heterocycles. The molecule has 31 heavy (non-hydrogen) atoms. The third-order valence-corrected chi connectivity index (χ3v) is 6.05. The maximum absolute atomic E-state index is 12.6. The minimum absolute atomic E-state index is 0.0255. The molecule has 1 saturated heterocycles. The van der Waals surface area contributed by atoms with Crippen LogP contribution in [0.25, 0.3) is 11.0 Å². The Morgan fingerprint density at radius 1 is 1.16 bits per heavy atom. The van der Waals surface area contributed by atoms with Crippen molar-refractivity contribution in [1.29, 1.82) is 0 Å². The predicted molar refractivity (Wildman–Crippen MR) is 122 cm³/mol. The smallest absolute Gasteiger partial charge is 0.339 e. The lowest BCUT2D eigenvalue weighted by molar-refractivity contribution is -0.117. The van der Waals surface area contributed by atoms with Gasteiger partial charge in [0.15, 0.2) is 0 Å². The van der Waals surface area contributed by atoms with Gasteiger partial charge in [-0.05, 0) is 62.7 Å². The van der Waals surface area contributed by atoms with Gasteiger partial charge in [0.1, 0.15) is 23.2 Å². The molecule has 0 saturated carbocycles. The number of hydrogen-bond donors (Lipinski definition) is 0. The minimum Gasteiger partial charge on any atom is -0.490 e. The highest BCUT2D eigenvalue weighted by Gasteiger charge is 2.20. The van der Waals surface area contributed by atoms with E-state index in [1.807, 2.05) is 31.2 Å². The van der Waals surface area contributed by atoms with Crippen LogP contribution in [-0.4, -0.2) is 36.9 Å². The lowest BCUT2D eigenvalue weighted by atomic mass is 10.0. The molecule has 0 unspecified atom stereocenters. The normalized spacial score (nSPS) is 15.3. The third kappa shape index (κ3) is 5.17. The van der Waals surface area contributed by atoms with Crippen molar-refractivity contribution < 1.29 is 13.9 Å². The van der Waals surface area contributed by atoms with E-state index in [0.717, 1.165) is 48.2 Å². The Morgan fingerprint density at radius 3 is 2.68 bits per heavy atom. The number of rotatable bonds is 6. The van der Waals surface area contributed by atoms with Gasteiger partial charge in [-0.3, -0.25) is 4.79 Å². The van der Waals surface area contributed by atoms with Crippen LogP contribution < -0.4 is 10.4 Å². The molecule has 162 valence electrons. The Balaban J connectivity index is 1.52. The molecule has 1 fully saturated rings. The number of halogens is 1. The molecule has 0 radical (unpaired) electrons. The summed E-state index contributed by atoms with van der Waals surface area (Å²) >= 11 is 5.99. The second-order valence-electron chi connectivity index (χ2n) is 8.31. The van der Waals surface area contributed by atoms with Crippen LogP contribution in [0.5, 0.6) is 5.75 Å². The Kier molecular flexibility index (Phi) is 6.44. The van der Waals surface area contributed by atoms with E-state index < -0.39 is 5.63 Å². The third-order valence-electron chi connectivity index (χ3n) is 5.81. The maximum Gasteiger partial charge on any atom is 0.339 e. The molecule has 2 aromatic carbocycles. The summed E-state index contributed by atoms with van der Waals surface area (Å²) in [5.74, 6) is 0.683. The van der Waals surface area contributed by atoms with Crippen LogP contribution in [0, 0.1) is 6.92 Å². The number of ketones is 1. The van der Waals surface area contributed by atoms with Crippen molar-refractivity contribution in [2.24, 2.45) is 0 Å². The Labute approximate surface area is 186 Å². The van der Waals surface area contributed by atoms with Crippen LogP contribution in [0.1, 0.15) is 29.5 Å². The van der Waals surface area contributed by atoms with Gasteiger partial charge < -0.3 is 14.1 Å². The van der Waals surface area contributed by atoms with E-state index in [1.54, 1.807) is 18.2 Å². The number of aryl methyl sites for hydroxylation is 1. The highest BCUT2D eigenvalue weighted by Crippen LogP contribution is 2.29. The summed E-state index contributed by atoms with van der Waals surface area (Å²) in [6, 6.07) is 12.8. The van der Waals surface area contributed by atoms with Gasteiger partial charge in [-0.2, -0.15) is 0 Å². The standard InChI is InChI=1S/C25H26ClNO4/c1-16-23(30-22-8-10-27(2)11-9-22)7-6-18-14-19(25(29)31-24(16)18)15-21(28)13-17-4-3-5-20(26)12-17/h3-7,12,14,22H,8-11,13,15H2,1-2H3. The Morgan fingerprint density at radius 2 is 1.94 bits per heavy atom. The molecule has 6 heteroatoms. The van der Waals surface area contributed by atoms with Crippen molar-refractivity contribution in [1.82, 2.24) is 4.90 Å². The number of hydrogen-bond acceptors (Lipinski definition) is 5. The number of nitrogens with zero attached hydrogens (tertiary/aromatic N) is 1. The summed E-state index contributed by atoms with van der Waals surface area (Å²) in [6.07, 6.45) is 2.37. The van der Waals surface area contributed by atoms with Gasteiger partial charge in [-0.15, -0.1) is 0 Å². The fourth-order valence-electron chi connectivity index (χ4n) is 4.03. The molecule has 0 atom stereocenters. The summed E-state index contributed by atoms with van der Waals surface area (Å²) in [7, 11) is 2.11. The first kappa shape index (κ1) is 21.6. The zero-order valence-corrected chi connectivity index (χ0v) is 18.6. The Bertz CT molecular complexity index is 1160. The lowest BCUT2D eigenvalue weighted by Gasteiger charge is -2.29. The van der Waals surface area contributed by atoms with Gasteiger partial charge in [-0.1, -0.05) is 23.7 Å². The first-order valence-corrected chi connectivity index (χ1v) is 10.9. The molecule has 1 aliphatic rings. The molecule has 0 bridgehead atoms. The van der Waals surface area contributed by atoms with Crippen LogP contribution in [0.2, 0.25) is 5.02 Å². The first-order valence-electron chi connectivity index (χ1n) is 10.6. The molecule has 0 aliphatic carbocycles. The molecule has 2 heterocycles. The van der Waals surface area contributed by atoms with Crippen molar-refractivity contribution in [3.63, 3.8) is 0 Å². The van der Waals surface area contributed by atoms with E-state index >= 15 is 0 Å². The van der Waals surface area contributed by atoms with Crippen molar-refractivity contribution in [3.05, 3.63) is 74.6 Å². The Hall–Kier alpha value is -2.63. The summed E-state index contributed by atoms with van der Waals surface area (Å²) in [4.78, 5) is 27.4. The van der Waals surface area contributed by atoms with Crippen LogP contribution in [-0.2, 0) is 17.6 Å². The molecular formula is C25H26ClNO4. The van der Waals surface area contributed by atoms with Crippen LogP contribution >= 0.6 is 11.6 Å². The fourth-order valence-corrected chi connectivity index (χ4v) is 4.24. The minimum atomic E-state index is -0.480. The van der Waals surface area contributed by atoms with E-state index in [4.69, 9.17) is 20.8 Å². The summed E-state index contributed by atoms with van der Waals surface area (Å²) in [6.45, 7) is 3.93. The maximum atomic E-state index is 12.6. The predicted octanol–water partition coefficient (Wildman–Crippen LogP) is 4.58. The van der Waals surface area contributed by atoms with E-state index in [0.29, 0.717) is 16.2 Å². The number of carbonyl (C=O) groups is 1. The van der Waals surface area contributed by atoms with E-state index in [9.17, 15) is 9.59 Å². The quantitative estimate of drug-likeness (QED) is 0.526. The molecule has 1 aliphatic heterocycles. The number of Topliss-reactive ketones (excluding diaryl/α,β-unsaturated/α-hetero) is 1.